The van der Waals surface area contributed by atoms with Crippen LogP contribution in [0.3, 0.4) is 0 Å². The van der Waals surface area contributed by atoms with E-state index in [0.717, 1.165) is 11.4 Å². The Kier molecular flexibility index (Phi) is 4.53. The zero-order valence-corrected chi connectivity index (χ0v) is 11.7. The van der Waals surface area contributed by atoms with Crippen molar-refractivity contribution in [2.45, 2.75) is 25.9 Å². The van der Waals surface area contributed by atoms with Crippen LogP contribution in [-0.2, 0) is 11.3 Å². The molecule has 0 saturated carbocycles. The largest absolute Gasteiger partial charge is 0.480 e. The molecule has 0 bridgehead atoms. The fraction of sp³-hybridized carbons (Fsp3) is 0.333. The van der Waals surface area contributed by atoms with E-state index in [2.05, 4.69) is 5.10 Å². The quantitative estimate of drug-likeness (QED) is 0.876. The van der Waals surface area contributed by atoms with Crippen molar-refractivity contribution in [1.82, 2.24) is 14.7 Å². The van der Waals surface area contributed by atoms with Crippen LogP contribution in [0.1, 0.15) is 19.0 Å². The Labute approximate surface area is 118 Å². The highest BCUT2D eigenvalue weighted by Crippen LogP contribution is 2.10. The first-order chi connectivity index (χ1) is 9.61. The van der Waals surface area contributed by atoms with Crippen molar-refractivity contribution in [3.05, 3.63) is 48.3 Å². The van der Waals surface area contributed by atoms with Crippen molar-refractivity contribution >= 4 is 5.97 Å². The summed E-state index contributed by atoms with van der Waals surface area (Å²) in [6.07, 6.45) is 2.46. The van der Waals surface area contributed by atoms with Gasteiger partial charge in [0.05, 0.1) is 11.4 Å². The van der Waals surface area contributed by atoms with E-state index in [4.69, 9.17) is 5.11 Å². The first-order valence-corrected chi connectivity index (χ1v) is 6.65. The Bertz CT molecular complexity index is 566. The molecular weight excluding hydrogens is 254 g/mol. The number of aromatic nitrogens is 2. The van der Waals surface area contributed by atoms with Gasteiger partial charge in [-0.1, -0.05) is 25.1 Å². The van der Waals surface area contributed by atoms with E-state index in [1.165, 1.54) is 0 Å². The van der Waals surface area contributed by atoms with Gasteiger partial charge in [-0.05, 0) is 31.7 Å². The van der Waals surface area contributed by atoms with Crippen molar-refractivity contribution in [2.75, 3.05) is 7.05 Å². The van der Waals surface area contributed by atoms with Crippen LogP contribution in [-0.4, -0.2) is 38.8 Å². The van der Waals surface area contributed by atoms with Crippen LogP contribution in [0.5, 0.6) is 0 Å². The fourth-order valence-corrected chi connectivity index (χ4v) is 2.21. The second-order valence-electron chi connectivity index (χ2n) is 4.76. The highest BCUT2D eigenvalue weighted by atomic mass is 16.4. The minimum atomic E-state index is -0.794. The molecule has 0 aliphatic carbocycles. The van der Waals surface area contributed by atoms with Crippen LogP contribution in [0.2, 0.25) is 0 Å². The summed E-state index contributed by atoms with van der Waals surface area (Å²) in [5, 5.41) is 13.6. The van der Waals surface area contributed by atoms with Gasteiger partial charge in [0.25, 0.3) is 0 Å². The second kappa shape index (κ2) is 6.34. The molecule has 5 nitrogen and oxygen atoms in total. The normalized spacial score (nSPS) is 12.6. The van der Waals surface area contributed by atoms with Crippen LogP contribution < -0.4 is 0 Å². The molecule has 1 unspecified atom stereocenters. The number of hydrogen-bond donors (Lipinski definition) is 1. The molecule has 1 aromatic carbocycles. The van der Waals surface area contributed by atoms with Gasteiger partial charge in [0, 0.05) is 12.7 Å². The summed E-state index contributed by atoms with van der Waals surface area (Å²) in [5.74, 6) is -0.794. The van der Waals surface area contributed by atoms with Gasteiger partial charge in [-0.25, -0.2) is 4.68 Å². The number of carbonyl (C=O) groups is 1. The summed E-state index contributed by atoms with van der Waals surface area (Å²) < 4.78 is 1.80. The fourth-order valence-electron chi connectivity index (χ4n) is 2.21. The number of likely N-dealkylation sites (N-methyl/N-ethyl adjacent to an activating group) is 1. The van der Waals surface area contributed by atoms with Crippen molar-refractivity contribution < 1.29 is 9.90 Å². The predicted molar refractivity (Wildman–Crippen MR) is 76.7 cm³/mol. The van der Waals surface area contributed by atoms with Crippen molar-refractivity contribution in [3.63, 3.8) is 0 Å². The number of rotatable bonds is 6. The molecule has 2 aromatic rings. The molecule has 0 aliphatic rings. The minimum absolute atomic E-state index is 0.475. The van der Waals surface area contributed by atoms with Crippen molar-refractivity contribution in [2.24, 2.45) is 0 Å². The molecule has 0 spiro atoms. The first kappa shape index (κ1) is 14.3. The van der Waals surface area contributed by atoms with Crippen molar-refractivity contribution in [3.8, 4) is 5.69 Å². The topological polar surface area (TPSA) is 58.4 Å². The lowest BCUT2D eigenvalue weighted by atomic mass is 10.2. The zero-order valence-electron chi connectivity index (χ0n) is 11.7. The average Bonchev–Trinajstić information content (AvgIpc) is 2.88. The number of para-hydroxylation sites is 1. The maximum absolute atomic E-state index is 11.1. The summed E-state index contributed by atoms with van der Waals surface area (Å²) >= 11 is 0. The lowest BCUT2D eigenvalue weighted by Gasteiger charge is -2.22. The summed E-state index contributed by atoms with van der Waals surface area (Å²) in [4.78, 5) is 12.9. The van der Waals surface area contributed by atoms with Gasteiger partial charge >= 0.3 is 5.97 Å². The summed E-state index contributed by atoms with van der Waals surface area (Å²) in [7, 11) is 1.81. The van der Waals surface area contributed by atoms with Gasteiger partial charge in [-0.3, -0.25) is 9.69 Å². The smallest absolute Gasteiger partial charge is 0.320 e. The van der Waals surface area contributed by atoms with Crippen LogP contribution in [0.4, 0.5) is 0 Å². The Hall–Kier alpha value is -2.14. The molecule has 1 heterocycles. The summed E-state index contributed by atoms with van der Waals surface area (Å²) in [6, 6.07) is 11.3. The summed E-state index contributed by atoms with van der Waals surface area (Å²) in [6.45, 7) is 2.39. The van der Waals surface area contributed by atoms with E-state index >= 15 is 0 Å². The zero-order chi connectivity index (χ0) is 14.5. The molecule has 20 heavy (non-hydrogen) atoms. The third-order valence-corrected chi connectivity index (χ3v) is 3.28. The van der Waals surface area contributed by atoms with Gasteiger partial charge in [-0.2, -0.15) is 5.10 Å². The van der Waals surface area contributed by atoms with Crippen LogP contribution in [0.15, 0.2) is 42.6 Å². The molecular formula is C15H19N3O2. The number of nitrogens with zero attached hydrogens (tertiary/aromatic N) is 3. The Morgan fingerprint density at radius 3 is 2.65 bits per heavy atom. The van der Waals surface area contributed by atoms with E-state index in [-0.39, 0.29) is 0 Å². The number of carboxylic acid groups (broad SMARTS) is 1. The van der Waals surface area contributed by atoms with Gasteiger partial charge < -0.3 is 5.11 Å². The van der Waals surface area contributed by atoms with Gasteiger partial charge in [0.1, 0.15) is 6.04 Å². The standard InChI is InChI=1S/C15H19N3O2/c1-3-14(15(19)20)17(2)11-12-9-10-18(16-12)13-7-5-4-6-8-13/h4-10,14H,3,11H2,1-2H3,(H,19,20). The van der Waals surface area contributed by atoms with E-state index in [1.54, 1.807) is 9.58 Å². The van der Waals surface area contributed by atoms with Gasteiger partial charge in [-0.15, -0.1) is 0 Å². The SMILES string of the molecule is CCC(C(=O)O)N(C)Cc1ccn(-c2ccccc2)n1. The monoisotopic (exact) mass is 273 g/mol. The Morgan fingerprint density at radius 2 is 2.05 bits per heavy atom. The van der Waals surface area contributed by atoms with Gasteiger partial charge in [0.15, 0.2) is 0 Å². The van der Waals surface area contributed by atoms with Gasteiger partial charge in [0.2, 0.25) is 0 Å². The molecule has 0 radical (unpaired) electrons. The molecule has 0 amide bonds. The van der Waals surface area contributed by atoms with E-state index in [1.807, 2.05) is 56.6 Å². The lowest BCUT2D eigenvalue weighted by Crippen LogP contribution is -2.37. The molecule has 1 atom stereocenters. The predicted octanol–water partition coefficient (Wildman–Crippen LogP) is 2.17. The highest BCUT2D eigenvalue weighted by Gasteiger charge is 2.20. The average molecular weight is 273 g/mol. The minimum Gasteiger partial charge on any atom is -0.480 e. The molecule has 2 rings (SSSR count). The Balaban J connectivity index is 2.08. The molecule has 0 saturated heterocycles. The number of benzene rings is 1. The molecule has 5 heteroatoms. The third-order valence-electron chi connectivity index (χ3n) is 3.28. The highest BCUT2D eigenvalue weighted by molar-refractivity contribution is 5.73. The Morgan fingerprint density at radius 1 is 1.35 bits per heavy atom. The van der Waals surface area contributed by atoms with E-state index in [9.17, 15) is 4.79 Å². The van der Waals surface area contributed by atoms with Crippen molar-refractivity contribution in [1.29, 1.82) is 0 Å². The maximum Gasteiger partial charge on any atom is 0.320 e. The lowest BCUT2D eigenvalue weighted by molar-refractivity contribution is -0.143. The maximum atomic E-state index is 11.1. The summed E-state index contributed by atoms with van der Waals surface area (Å²) in [5.41, 5.74) is 1.85. The molecule has 1 aromatic heterocycles. The van der Waals surface area contributed by atoms with Crippen LogP contribution in [0, 0.1) is 0 Å². The number of hydrogen-bond acceptors (Lipinski definition) is 3. The molecule has 0 aliphatic heterocycles. The van der Waals surface area contributed by atoms with E-state index < -0.39 is 12.0 Å². The van der Waals surface area contributed by atoms with Crippen LogP contribution >= 0.6 is 0 Å². The van der Waals surface area contributed by atoms with Crippen LogP contribution in [0.25, 0.3) is 5.69 Å². The first-order valence-electron chi connectivity index (χ1n) is 6.65. The second-order valence-corrected chi connectivity index (χ2v) is 4.76. The molecule has 106 valence electrons. The van der Waals surface area contributed by atoms with E-state index in [0.29, 0.717) is 13.0 Å². The number of aliphatic carboxylic acids is 1. The molecule has 0 fully saturated rings. The third kappa shape index (κ3) is 3.24. The number of carboxylic acids is 1. The molecule has 1 N–H and O–H groups in total.